The highest BCUT2D eigenvalue weighted by Gasteiger charge is 2.35. The molecular weight excluding hydrogens is 499 g/mol. The van der Waals surface area contributed by atoms with Crippen molar-refractivity contribution < 1.29 is 18.3 Å². The van der Waals surface area contributed by atoms with Gasteiger partial charge in [0.2, 0.25) is 0 Å². The van der Waals surface area contributed by atoms with Crippen LogP contribution in [0.25, 0.3) is 28.0 Å². The lowest BCUT2D eigenvalue weighted by Gasteiger charge is -2.19. The number of carbonyl (C=O) groups is 1. The molecule has 198 valence electrons. The quantitative estimate of drug-likeness (QED) is 0.295. The summed E-state index contributed by atoms with van der Waals surface area (Å²) in [5, 5.41) is 5.74. The van der Waals surface area contributed by atoms with E-state index < -0.39 is 12.2 Å². The molecule has 5 aromatic rings. The maximum Gasteiger partial charge on any atom is 0.256 e. The number of carbonyl (C=O) groups excluding carboxylic acids is 1. The van der Waals surface area contributed by atoms with E-state index in [2.05, 4.69) is 26.6 Å². The van der Waals surface area contributed by atoms with Crippen molar-refractivity contribution in [2.75, 3.05) is 32.6 Å². The summed E-state index contributed by atoms with van der Waals surface area (Å²) in [5.41, 5.74) is 6.63. The second-order valence-electron chi connectivity index (χ2n) is 10.3. The molecule has 0 spiro atoms. The van der Waals surface area contributed by atoms with Gasteiger partial charge >= 0.3 is 0 Å². The van der Waals surface area contributed by atoms with Gasteiger partial charge in [-0.25, -0.2) is 14.4 Å². The number of aromatic nitrogens is 3. The van der Waals surface area contributed by atoms with E-state index in [4.69, 9.17) is 14.1 Å². The first-order chi connectivity index (χ1) is 19.0. The number of pyridine rings is 2. The summed E-state index contributed by atoms with van der Waals surface area (Å²) in [6.45, 7) is 2.11. The van der Waals surface area contributed by atoms with Crippen LogP contribution < -0.4 is 10.6 Å². The van der Waals surface area contributed by atoms with E-state index in [1.165, 1.54) is 5.56 Å². The minimum Gasteiger partial charge on any atom is -0.463 e. The maximum absolute atomic E-state index is 15.4. The Balaban J connectivity index is 1.32. The standard InChI is InChI=1S/C29H27FN6O3/c1-35(2)14-20-17(16-9-11-38-15-16)4-7-24(33-20)32-19-5-3-18(26-27(19)29(37)34-28(26)30)22-13-31-25-8-6-23-21(36(22)25)10-12-39-23/h3-8,10,12-13,16,28H,9,11,14-15H2,1-2H3,(H,32,33)(H,34,37)/t16-,28+/m1/s1. The molecule has 2 aliphatic rings. The predicted molar refractivity (Wildman–Crippen MR) is 145 cm³/mol. The molecule has 0 saturated carbocycles. The zero-order valence-corrected chi connectivity index (χ0v) is 21.6. The number of benzene rings is 1. The molecule has 1 aromatic carbocycles. The normalized spacial score (nSPS) is 18.8. The van der Waals surface area contributed by atoms with E-state index >= 15 is 4.39 Å². The van der Waals surface area contributed by atoms with Crippen molar-refractivity contribution in [3.63, 3.8) is 0 Å². The van der Waals surface area contributed by atoms with Gasteiger partial charge in [-0.05, 0) is 50.3 Å². The summed E-state index contributed by atoms with van der Waals surface area (Å²) in [4.78, 5) is 24.5. The van der Waals surface area contributed by atoms with E-state index in [1.54, 1.807) is 18.5 Å². The Morgan fingerprint density at radius 3 is 2.90 bits per heavy atom. The fourth-order valence-corrected chi connectivity index (χ4v) is 5.71. The van der Waals surface area contributed by atoms with Crippen LogP contribution in [0.1, 0.15) is 45.8 Å². The summed E-state index contributed by atoms with van der Waals surface area (Å²) in [7, 11) is 4.01. The number of halogens is 1. The van der Waals surface area contributed by atoms with E-state index in [0.717, 1.165) is 24.2 Å². The van der Waals surface area contributed by atoms with Gasteiger partial charge in [-0.15, -0.1) is 0 Å². The summed E-state index contributed by atoms with van der Waals surface area (Å²) in [6.07, 6.45) is 2.62. The van der Waals surface area contributed by atoms with Crippen LogP contribution in [0.4, 0.5) is 15.9 Å². The first-order valence-corrected chi connectivity index (χ1v) is 12.9. The van der Waals surface area contributed by atoms with Crippen LogP contribution in [-0.4, -0.2) is 52.5 Å². The molecule has 4 aromatic heterocycles. The van der Waals surface area contributed by atoms with Crippen LogP contribution in [0.5, 0.6) is 0 Å². The monoisotopic (exact) mass is 526 g/mol. The lowest BCUT2D eigenvalue weighted by Crippen LogP contribution is -2.17. The van der Waals surface area contributed by atoms with Crippen LogP contribution >= 0.6 is 0 Å². The molecule has 2 N–H and O–H groups in total. The lowest BCUT2D eigenvalue weighted by molar-refractivity contribution is 0.0929. The minimum atomic E-state index is -1.65. The minimum absolute atomic E-state index is 0.263. The SMILES string of the molecule is CN(C)Cc1nc(Nc2ccc(-c3cnc4ccc5occc5n34)c3c2C(=O)N[C@@H]3F)ccc1[C@@H]1CCOC1. The molecule has 6 heterocycles. The smallest absolute Gasteiger partial charge is 0.256 e. The van der Waals surface area contributed by atoms with Crippen molar-refractivity contribution in [1.29, 1.82) is 0 Å². The molecule has 0 unspecified atom stereocenters. The van der Waals surface area contributed by atoms with E-state index in [-0.39, 0.29) is 11.1 Å². The van der Waals surface area contributed by atoms with Crippen molar-refractivity contribution in [3.8, 4) is 11.3 Å². The fraction of sp³-hybridized carbons (Fsp3) is 0.276. The second kappa shape index (κ2) is 9.18. The Bertz CT molecular complexity index is 1740. The van der Waals surface area contributed by atoms with Crippen molar-refractivity contribution >= 4 is 34.2 Å². The molecule has 2 atom stereocenters. The van der Waals surface area contributed by atoms with E-state index in [9.17, 15) is 4.79 Å². The van der Waals surface area contributed by atoms with Gasteiger partial charge in [-0.3, -0.25) is 9.20 Å². The van der Waals surface area contributed by atoms with Crippen LogP contribution in [0.3, 0.4) is 0 Å². The van der Waals surface area contributed by atoms with Crippen LogP contribution in [0.2, 0.25) is 0 Å². The Labute approximate surface area is 223 Å². The lowest BCUT2D eigenvalue weighted by atomic mass is 9.96. The topological polar surface area (TPSA) is 96.9 Å². The number of furan rings is 1. The third-order valence-corrected chi connectivity index (χ3v) is 7.45. The van der Waals surface area contributed by atoms with Gasteiger partial charge in [0, 0.05) is 36.3 Å². The summed E-state index contributed by atoms with van der Waals surface area (Å²) < 4.78 is 28.5. The number of alkyl halides is 1. The molecule has 7 rings (SSSR count). The summed E-state index contributed by atoms with van der Waals surface area (Å²) >= 11 is 0. The zero-order valence-electron chi connectivity index (χ0n) is 21.6. The van der Waals surface area contributed by atoms with Gasteiger partial charge in [0.15, 0.2) is 11.9 Å². The maximum atomic E-state index is 15.4. The van der Waals surface area contributed by atoms with Crippen molar-refractivity contribution in [2.24, 2.45) is 0 Å². The van der Waals surface area contributed by atoms with Gasteiger partial charge in [-0.2, -0.15) is 0 Å². The summed E-state index contributed by atoms with van der Waals surface area (Å²) in [5.74, 6) is 0.433. The molecular formula is C29H27FN6O3. The molecule has 39 heavy (non-hydrogen) atoms. The van der Waals surface area contributed by atoms with Crippen molar-refractivity contribution in [1.82, 2.24) is 24.6 Å². The number of hydrogen-bond donors (Lipinski definition) is 2. The van der Waals surface area contributed by atoms with Gasteiger partial charge in [0.25, 0.3) is 5.91 Å². The molecule has 1 amide bonds. The molecule has 0 bridgehead atoms. The van der Waals surface area contributed by atoms with Crippen LogP contribution in [0.15, 0.2) is 59.3 Å². The number of rotatable bonds is 6. The first kappa shape index (κ1) is 23.8. The van der Waals surface area contributed by atoms with E-state index in [1.807, 2.05) is 48.8 Å². The van der Waals surface area contributed by atoms with Crippen LogP contribution in [0, 0.1) is 0 Å². The van der Waals surface area contributed by atoms with Gasteiger partial charge in [0.1, 0.15) is 11.5 Å². The Kier molecular flexibility index (Phi) is 5.60. The highest BCUT2D eigenvalue weighted by atomic mass is 19.1. The Morgan fingerprint density at radius 1 is 1.18 bits per heavy atom. The number of nitrogens with zero attached hydrogens (tertiary/aromatic N) is 4. The van der Waals surface area contributed by atoms with Crippen molar-refractivity contribution in [3.05, 3.63) is 77.3 Å². The number of nitrogens with one attached hydrogen (secondary N) is 2. The largest absolute Gasteiger partial charge is 0.463 e. The average Bonchev–Trinajstić information content (AvgIpc) is 3.71. The highest BCUT2D eigenvalue weighted by Crippen LogP contribution is 2.41. The third-order valence-electron chi connectivity index (χ3n) is 7.45. The number of anilines is 2. The number of imidazole rings is 1. The third kappa shape index (κ3) is 3.95. The first-order valence-electron chi connectivity index (χ1n) is 12.9. The molecule has 0 aliphatic carbocycles. The van der Waals surface area contributed by atoms with Gasteiger partial charge in [-0.1, -0.05) is 12.1 Å². The van der Waals surface area contributed by atoms with Gasteiger partial charge < -0.3 is 24.7 Å². The second-order valence-corrected chi connectivity index (χ2v) is 10.3. The molecule has 10 heteroatoms. The Hall–Kier alpha value is -4.28. The molecule has 1 fully saturated rings. The van der Waals surface area contributed by atoms with Crippen LogP contribution in [-0.2, 0) is 11.3 Å². The fourth-order valence-electron chi connectivity index (χ4n) is 5.71. The summed E-state index contributed by atoms with van der Waals surface area (Å²) in [6, 6.07) is 13.2. The van der Waals surface area contributed by atoms with Crippen molar-refractivity contribution in [2.45, 2.75) is 25.2 Å². The molecule has 2 aliphatic heterocycles. The number of amides is 1. The molecule has 9 nitrogen and oxygen atoms in total. The predicted octanol–water partition coefficient (Wildman–Crippen LogP) is 5.16. The number of fused-ring (bicyclic) bond motifs is 4. The molecule has 0 radical (unpaired) electrons. The zero-order chi connectivity index (χ0) is 26.7. The van der Waals surface area contributed by atoms with Gasteiger partial charge in [0.05, 0.1) is 47.2 Å². The van der Waals surface area contributed by atoms with E-state index in [0.29, 0.717) is 53.1 Å². The number of hydrogen-bond acceptors (Lipinski definition) is 7. The average molecular weight is 527 g/mol. The number of ether oxygens (including phenoxy) is 1. The Morgan fingerprint density at radius 2 is 2.08 bits per heavy atom. The molecule has 1 saturated heterocycles. The highest BCUT2D eigenvalue weighted by molar-refractivity contribution is 6.06.